The molecule has 12 heteroatoms. The van der Waals surface area contributed by atoms with Crippen molar-refractivity contribution in [3.63, 3.8) is 0 Å². The molecular weight excluding hydrogens is 390 g/mol. The predicted molar refractivity (Wildman–Crippen MR) is 88.7 cm³/mol. The summed E-state index contributed by atoms with van der Waals surface area (Å²) in [5, 5.41) is 9.14. The average Bonchev–Trinajstić information content (AvgIpc) is 3.13. The van der Waals surface area contributed by atoms with Crippen LogP contribution in [-0.2, 0) is 10.0 Å². The molecule has 2 N–H and O–H groups in total. The zero-order valence-corrected chi connectivity index (χ0v) is 14.9. The van der Waals surface area contributed by atoms with Crippen molar-refractivity contribution in [2.24, 2.45) is 0 Å². The number of nitrogens with zero attached hydrogens (tertiary/aromatic N) is 3. The Kier molecular flexibility index (Phi) is 5.18. The van der Waals surface area contributed by atoms with Crippen LogP contribution in [-0.4, -0.2) is 55.0 Å². The van der Waals surface area contributed by atoms with Crippen LogP contribution in [0.4, 0.5) is 13.9 Å². The van der Waals surface area contributed by atoms with E-state index in [0.29, 0.717) is 24.3 Å². The lowest BCUT2D eigenvalue weighted by atomic mass is 10.3. The Bertz CT molecular complexity index is 927. The van der Waals surface area contributed by atoms with E-state index in [1.165, 1.54) is 16.0 Å². The molecule has 8 nitrogen and oxygen atoms in total. The molecule has 0 saturated carbocycles. The van der Waals surface area contributed by atoms with Crippen molar-refractivity contribution in [3.8, 4) is 0 Å². The molecule has 3 rings (SSSR count). The molecule has 140 valence electrons. The lowest BCUT2D eigenvalue weighted by Gasteiger charge is -2.33. The number of rotatable bonds is 4. The molecule has 2 aromatic rings. The number of hydroxylamine groups is 1. The van der Waals surface area contributed by atoms with Crippen molar-refractivity contribution in [1.29, 1.82) is 0 Å². The van der Waals surface area contributed by atoms with Gasteiger partial charge in [0.2, 0.25) is 10.0 Å². The van der Waals surface area contributed by atoms with E-state index in [1.54, 1.807) is 4.90 Å². The number of carbonyl (C=O) groups excluding carboxylic acids is 1. The number of aromatic nitrogens is 1. The standard InChI is InChI=1S/C14H14F2N4O4S2/c15-10-2-1-9(7-11(10)16)26(23,24)20-5-3-19(4-6-20)14-17-8-12(25-14)13(21)18-22/h1-2,7-8,22H,3-6H2,(H,18,21). The molecule has 2 heterocycles. The summed E-state index contributed by atoms with van der Waals surface area (Å²) in [4.78, 5) is 17.2. The number of carbonyl (C=O) groups is 1. The average molecular weight is 404 g/mol. The van der Waals surface area contributed by atoms with Gasteiger partial charge in [0.25, 0.3) is 5.91 Å². The van der Waals surface area contributed by atoms with Gasteiger partial charge in [0.15, 0.2) is 16.8 Å². The van der Waals surface area contributed by atoms with E-state index in [9.17, 15) is 22.0 Å². The normalized spacial score (nSPS) is 15.9. The predicted octanol–water partition coefficient (Wildman–Crippen LogP) is 1.05. The summed E-state index contributed by atoms with van der Waals surface area (Å²) in [6.45, 7) is 0.887. The fourth-order valence-electron chi connectivity index (χ4n) is 2.48. The molecule has 1 aromatic carbocycles. The highest BCUT2D eigenvalue weighted by molar-refractivity contribution is 7.89. The summed E-state index contributed by atoms with van der Waals surface area (Å²) >= 11 is 1.06. The second-order valence-corrected chi connectivity index (χ2v) is 8.36. The summed E-state index contributed by atoms with van der Waals surface area (Å²) in [5.74, 6) is -3.00. The van der Waals surface area contributed by atoms with Gasteiger partial charge in [-0.25, -0.2) is 27.7 Å². The van der Waals surface area contributed by atoms with E-state index in [2.05, 4.69) is 4.98 Å². The second-order valence-electron chi connectivity index (χ2n) is 5.42. The molecule has 0 unspecified atom stereocenters. The van der Waals surface area contributed by atoms with E-state index in [4.69, 9.17) is 5.21 Å². The van der Waals surface area contributed by atoms with E-state index in [1.807, 2.05) is 0 Å². The number of hydrogen-bond donors (Lipinski definition) is 2. The van der Waals surface area contributed by atoms with Crippen molar-refractivity contribution in [1.82, 2.24) is 14.8 Å². The number of benzene rings is 1. The lowest BCUT2D eigenvalue weighted by Crippen LogP contribution is -2.48. The smallest absolute Gasteiger partial charge is 0.286 e. The molecule has 1 amide bonds. The molecule has 0 aliphatic carbocycles. The molecule has 0 bridgehead atoms. The summed E-state index contributed by atoms with van der Waals surface area (Å²) in [7, 11) is -3.93. The second kappa shape index (κ2) is 7.23. The van der Waals surface area contributed by atoms with E-state index >= 15 is 0 Å². The Labute approximate surface area is 151 Å². The van der Waals surface area contributed by atoms with Gasteiger partial charge in [0.1, 0.15) is 4.88 Å². The van der Waals surface area contributed by atoms with Gasteiger partial charge in [-0.1, -0.05) is 11.3 Å². The largest absolute Gasteiger partial charge is 0.345 e. The number of anilines is 1. The minimum atomic E-state index is -3.93. The van der Waals surface area contributed by atoms with Gasteiger partial charge in [-0.05, 0) is 18.2 Å². The van der Waals surface area contributed by atoms with Gasteiger partial charge in [0.05, 0.1) is 11.1 Å². The summed E-state index contributed by atoms with van der Waals surface area (Å²) in [6.07, 6.45) is 1.32. The summed E-state index contributed by atoms with van der Waals surface area (Å²) in [6, 6.07) is 2.47. The first kappa shape index (κ1) is 18.6. The van der Waals surface area contributed by atoms with Gasteiger partial charge in [-0.3, -0.25) is 10.0 Å². The molecule has 1 aliphatic heterocycles. The van der Waals surface area contributed by atoms with Crippen LogP contribution < -0.4 is 10.4 Å². The number of thiazole rings is 1. The first-order chi connectivity index (χ1) is 12.3. The monoisotopic (exact) mass is 404 g/mol. The summed E-state index contributed by atoms with van der Waals surface area (Å²) in [5.41, 5.74) is 1.52. The minimum absolute atomic E-state index is 0.127. The van der Waals surface area contributed by atoms with Crippen LogP contribution in [0, 0.1) is 11.6 Å². The molecular formula is C14H14F2N4O4S2. The minimum Gasteiger partial charge on any atom is -0.345 e. The van der Waals surface area contributed by atoms with Crippen LogP contribution in [0.3, 0.4) is 0 Å². The number of piperazine rings is 1. The fraction of sp³-hybridized carbons (Fsp3) is 0.286. The van der Waals surface area contributed by atoms with Crippen LogP contribution in [0.5, 0.6) is 0 Å². The van der Waals surface area contributed by atoms with Crippen molar-refractivity contribution >= 4 is 32.4 Å². The van der Waals surface area contributed by atoms with Gasteiger partial charge in [0, 0.05) is 26.2 Å². The first-order valence-electron chi connectivity index (χ1n) is 7.43. The number of sulfonamides is 1. The molecule has 1 aromatic heterocycles. The fourth-order valence-corrected chi connectivity index (χ4v) is 4.77. The maximum Gasteiger partial charge on any atom is 0.286 e. The maximum absolute atomic E-state index is 13.3. The molecule has 0 spiro atoms. The number of hydrogen-bond acceptors (Lipinski definition) is 7. The molecule has 0 atom stereocenters. The van der Waals surface area contributed by atoms with Crippen LogP contribution in [0.15, 0.2) is 29.3 Å². The zero-order chi connectivity index (χ0) is 18.9. The third-order valence-electron chi connectivity index (χ3n) is 3.86. The Morgan fingerprint density at radius 2 is 1.88 bits per heavy atom. The number of nitrogens with one attached hydrogen (secondary N) is 1. The molecule has 1 aliphatic rings. The highest BCUT2D eigenvalue weighted by Crippen LogP contribution is 2.25. The van der Waals surface area contributed by atoms with Crippen LogP contribution in [0.2, 0.25) is 0 Å². The Hall–Kier alpha value is -2.15. The highest BCUT2D eigenvalue weighted by Gasteiger charge is 2.30. The molecule has 1 fully saturated rings. The first-order valence-corrected chi connectivity index (χ1v) is 9.69. The van der Waals surface area contributed by atoms with E-state index in [0.717, 1.165) is 23.5 Å². The molecule has 1 saturated heterocycles. The summed E-state index contributed by atoms with van der Waals surface area (Å²) < 4.78 is 52.6. The van der Waals surface area contributed by atoms with Gasteiger partial charge in [-0.15, -0.1) is 0 Å². The topological polar surface area (TPSA) is 103 Å². The quantitative estimate of drug-likeness (QED) is 0.583. The van der Waals surface area contributed by atoms with Gasteiger partial charge < -0.3 is 4.90 Å². The molecule has 26 heavy (non-hydrogen) atoms. The van der Waals surface area contributed by atoms with Gasteiger partial charge >= 0.3 is 0 Å². The lowest BCUT2D eigenvalue weighted by molar-refractivity contribution is 0.0710. The van der Waals surface area contributed by atoms with Crippen LogP contribution in [0.25, 0.3) is 0 Å². The van der Waals surface area contributed by atoms with Crippen molar-refractivity contribution in [2.75, 3.05) is 31.1 Å². The Morgan fingerprint density at radius 3 is 2.50 bits per heavy atom. The SMILES string of the molecule is O=C(NO)c1cnc(N2CCN(S(=O)(=O)c3ccc(F)c(F)c3)CC2)s1. The van der Waals surface area contributed by atoms with E-state index in [-0.39, 0.29) is 22.9 Å². The molecule has 0 radical (unpaired) electrons. The van der Waals surface area contributed by atoms with Crippen molar-refractivity contribution < 1.29 is 27.2 Å². The van der Waals surface area contributed by atoms with Crippen molar-refractivity contribution in [2.45, 2.75) is 4.90 Å². The third-order valence-corrected chi connectivity index (χ3v) is 6.81. The maximum atomic E-state index is 13.3. The Balaban J connectivity index is 1.70. The van der Waals surface area contributed by atoms with Crippen molar-refractivity contribution in [3.05, 3.63) is 40.9 Å². The van der Waals surface area contributed by atoms with Gasteiger partial charge in [-0.2, -0.15) is 4.31 Å². The van der Waals surface area contributed by atoms with Crippen LogP contribution >= 0.6 is 11.3 Å². The van der Waals surface area contributed by atoms with Crippen LogP contribution in [0.1, 0.15) is 9.67 Å². The Morgan fingerprint density at radius 1 is 1.19 bits per heavy atom. The number of amides is 1. The highest BCUT2D eigenvalue weighted by atomic mass is 32.2. The van der Waals surface area contributed by atoms with E-state index < -0.39 is 27.6 Å². The number of halogens is 2. The zero-order valence-electron chi connectivity index (χ0n) is 13.2. The third kappa shape index (κ3) is 3.53.